The second-order valence-electron chi connectivity index (χ2n) is 5.99. The molecule has 0 bridgehead atoms. The van der Waals surface area contributed by atoms with Gasteiger partial charge in [-0.1, -0.05) is 18.2 Å². The van der Waals surface area contributed by atoms with Crippen LogP contribution in [-0.4, -0.2) is 11.2 Å². The predicted molar refractivity (Wildman–Crippen MR) is 113 cm³/mol. The van der Waals surface area contributed by atoms with Crippen LogP contribution < -0.4 is 10.2 Å². The molecule has 0 atom stereocenters. The monoisotopic (exact) mass is 545 g/mol. The summed E-state index contributed by atoms with van der Waals surface area (Å²) < 4.78 is 58.3. The minimum atomic E-state index is -4.44. The van der Waals surface area contributed by atoms with E-state index in [1.165, 1.54) is 18.3 Å². The van der Waals surface area contributed by atoms with E-state index in [4.69, 9.17) is 4.74 Å². The van der Waals surface area contributed by atoms with Crippen LogP contribution in [0, 0.1) is 5.82 Å². The summed E-state index contributed by atoms with van der Waals surface area (Å²) in [6, 6.07) is 11.9. The van der Waals surface area contributed by atoms with E-state index in [0.29, 0.717) is 25.8 Å². The summed E-state index contributed by atoms with van der Waals surface area (Å²) >= 11 is 6.81. The molecule has 4 nitrogen and oxygen atoms in total. The number of hydrogen-bond acceptors (Lipinski definition) is 4. The number of aromatic nitrogens is 1. The van der Waals surface area contributed by atoms with Crippen LogP contribution in [0.3, 0.4) is 0 Å². The van der Waals surface area contributed by atoms with E-state index in [-0.39, 0.29) is 18.2 Å². The lowest BCUT2D eigenvalue weighted by atomic mass is 10.2. The van der Waals surface area contributed by atoms with Gasteiger partial charge in [0.2, 0.25) is 0 Å². The third kappa shape index (κ3) is 5.79. The normalized spacial score (nSPS) is 11.7. The molecule has 1 heterocycles. The molecule has 10 heteroatoms. The van der Waals surface area contributed by atoms with Crippen molar-refractivity contribution >= 4 is 43.9 Å². The number of hydrazone groups is 1. The Morgan fingerprint density at radius 2 is 1.77 bits per heavy atom. The number of rotatable bonds is 6. The Labute approximate surface area is 186 Å². The van der Waals surface area contributed by atoms with E-state index in [1.54, 1.807) is 30.3 Å². The fourth-order valence-electron chi connectivity index (χ4n) is 2.36. The third-order valence-electron chi connectivity index (χ3n) is 3.83. The SMILES string of the molecule is Fc1ccccc1COc1c(Br)cc(/C=N\Nc2ccc(C(F)(F)F)cn2)cc1Br. The first-order chi connectivity index (χ1) is 14.2. The first-order valence-electron chi connectivity index (χ1n) is 8.41. The fourth-order valence-corrected chi connectivity index (χ4v) is 3.81. The van der Waals surface area contributed by atoms with E-state index >= 15 is 0 Å². The van der Waals surface area contributed by atoms with E-state index in [9.17, 15) is 17.6 Å². The van der Waals surface area contributed by atoms with Crippen molar-refractivity contribution in [1.29, 1.82) is 0 Å². The smallest absolute Gasteiger partial charge is 0.417 e. The van der Waals surface area contributed by atoms with Gasteiger partial charge in [-0.2, -0.15) is 18.3 Å². The number of hydrogen-bond donors (Lipinski definition) is 1. The number of anilines is 1. The van der Waals surface area contributed by atoms with E-state index in [2.05, 4.69) is 47.4 Å². The summed E-state index contributed by atoms with van der Waals surface area (Å²) in [4.78, 5) is 3.67. The van der Waals surface area contributed by atoms with Gasteiger partial charge >= 0.3 is 6.18 Å². The number of alkyl halides is 3. The van der Waals surface area contributed by atoms with Crippen molar-refractivity contribution in [2.75, 3.05) is 5.43 Å². The molecule has 0 amide bonds. The number of ether oxygens (including phenoxy) is 1. The molecule has 0 unspecified atom stereocenters. The largest absolute Gasteiger partial charge is 0.486 e. The van der Waals surface area contributed by atoms with Crippen molar-refractivity contribution in [2.24, 2.45) is 5.10 Å². The highest BCUT2D eigenvalue weighted by Crippen LogP contribution is 2.35. The molecule has 0 aliphatic rings. The minimum Gasteiger partial charge on any atom is -0.486 e. The highest BCUT2D eigenvalue weighted by molar-refractivity contribution is 9.11. The molecule has 156 valence electrons. The number of nitrogens with one attached hydrogen (secondary N) is 1. The predicted octanol–water partition coefficient (Wildman–Crippen LogP) is 6.79. The zero-order valence-corrected chi connectivity index (χ0v) is 18.2. The molecule has 30 heavy (non-hydrogen) atoms. The van der Waals surface area contributed by atoms with Gasteiger partial charge in [-0.3, -0.25) is 5.43 Å². The molecule has 0 aliphatic heterocycles. The summed E-state index contributed by atoms with van der Waals surface area (Å²) in [6.45, 7) is 0.0540. The maximum Gasteiger partial charge on any atom is 0.417 e. The van der Waals surface area contributed by atoms with Crippen molar-refractivity contribution in [3.8, 4) is 5.75 Å². The summed E-state index contributed by atoms with van der Waals surface area (Å²) in [5.41, 5.74) is 2.83. The summed E-state index contributed by atoms with van der Waals surface area (Å²) in [5, 5.41) is 3.97. The zero-order valence-electron chi connectivity index (χ0n) is 15.1. The number of benzene rings is 2. The topological polar surface area (TPSA) is 46.5 Å². The lowest BCUT2D eigenvalue weighted by Crippen LogP contribution is -2.05. The zero-order chi connectivity index (χ0) is 21.7. The van der Waals surface area contributed by atoms with E-state index in [1.807, 2.05) is 0 Å². The van der Waals surface area contributed by atoms with Crippen LogP contribution >= 0.6 is 31.9 Å². The van der Waals surface area contributed by atoms with Gasteiger partial charge in [0.25, 0.3) is 0 Å². The molecule has 0 spiro atoms. The average Bonchev–Trinajstić information content (AvgIpc) is 2.68. The molecule has 3 rings (SSSR count). The highest BCUT2D eigenvalue weighted by atomic mass is 79.9. The van der Waals surface area contributed by atoms with Crippen LogP contribution in [0.25, 0.3) is 0 Å². The van der Waals surface area contributed by atoms with E-state index < -0.39 is 11.7 Å². The van der Waals surface area contributed by atoms with Gasteiger partial charge in [-0.15, -0.1) is 0 Å². The lowest BCUT2D eigenvalue weighted by molar-refractivity contribution is -0.137. The van der Waals surface area contributed by atoms with Gasteiger partial charge < -0.3 is 4.74 Å². The van der Waals surface area contributed by atoms with Crippen LogP contribution in [0.1, 0.15) is 16.7 Å². The number of pyridine rings is 1. The summed E-state index contributed by atoms with van der Waals surface area (Å²) in [6.07, 6.45) is -2.24. The minimum absolute atomic E-state index is 0.0540. The van der Waals surface area contributed by atoms with Crippen LogP contribution in [0.2, 0.25) is 0 Å². The van der Waals surface area contributed by atoms with Crippen LogP contribution in [0.5, 0.6) is 5.75 Å². The molecule has 0 aliphatic carbocycles. The number of halogens is 6. The summed E-state index contributed by atoms with van der Waals surface area (Å²) in [5.74, 6) is 0.312. The van der Waals surface area contributed by atoms with Crippen LogP contribution in [-0.2, 0) is 12.8 Å². The van der Waals surface area contributed by atoms with Gasteiger partial charge in [0.15, 0.2) is 0 Å². The molecule has 2 aromatic carbocycles. The molecule has 0 saturated heterocycles. The van der Waals surface area contributed by atoms with Crippen LogP contribution in [0.15, 0.2) is 68.8 Å². The fraction of sp³-hybridized carbons (Fsp3) is 0.100. The van der Waals surface area contributed by atoms with Crippen LogP contribution in [0.4, 0.5) is 23.4 Å². The Kier molecular flexibility index (Phi) is 7.09. The second kappa shape index (κ2) is 9.57. The maximum atomic E-state index is 13.7. The molecule has 0 radical (unpaired) electrons. The van der Waals surface area contributed by atoms with Crippen molar-refractivity contribution in [3.05, 3.63) is 86.2 Å². The maximum absolute atomic E-state index is 13.7. The van der Waals surface area contributed by atoms with Gasteiger partial charge in [0.05, 0.1) is 20.7 Å². The van der Waals surface area contributed by atoms with Gasteiger partial charge in [0.1, 0.15) is 24.0 Å². The molecular weight excluding hydrogens is 534 g/mol. The Morgan fingerprint density at radius 1 is 1.07 bits per heavy atom. The lowest BCUT2D eigenvalue weighted by Gasteiger charge is -2.12. The molecule has 1 aromatic heterocycles. The first kappa shape index (κ1) is 22.2. The van der Waals surface area contributed by atoms with Crippen molar-refractivity contribution in [2.45, 2.75) is 12.8 Å². The summed E-state index contributed by atoms with van der Waals surface area (Å²) in [7, 11) is 0. The van der Waals surface area contributed by atoms with Gasteiger partial charge in [0, 0.05) is 11.8 Å². The van der Waals surface area contributed by atoms with Crippen molar-refractivity contribution < 1.29 is 22.3 Å². The van der Waals surface area contributed by atoms with Crippen molar-refractivity contribution in [1.82, 2.24) is 4.98 Å². The van der Waals surface area contributed by atoms with Crippen molar-refractivity contribution in [3.63, 3.8) is 0 Å². The second-order valence-corrected chi connectivity index (χ2v) is 7.70. The molecule has 0 fully saturated rings. The quantitative estimate of drug-likeness (QED) is 0.210. The Morgan fingerprint density at radius 3 is 2.37 bits per heavy atom. The van der Waals surface area contributed by atoms with Gasteiger partial charge in [-0.05, 0) is 67.8 Å². The van der Waals surface area contributed by atoms with E-state index in [0.717, 1.165) is 12.3 Å². The highest BCUT2D eigenvalue weighted by Gasteiger charge is 2.30. The number of nitrogens with zero attached hydrogens (tertiary/aromatic N) is 2. The molecular formula is C20H13Br2F4N3O. The molecule has 3 aromatic rings. The Balaban J connectivity index is 1.65. The third-order valence-corrected chi connectivity index (χ3v) is 5.01. The Bertz CT molecular complexity index is 1030. The first-order valence-corrected chi connectivity index (χ1v) is 10.00. The van der Waals surface area contributed by atoms with Gasteiger partial charge in [-0.25, -0.2) is 9.37 Å². The standard InChI is InChI=1S/C20H13Br2F4N3O/c21-15-7-12(9-28-29-18-6-5-14(10-27-18)20(24,25)26)8-16(22)19(15)30-11-13-3-1-2-4-17(13)23/h1-10H,11H2,(H,27,29)/b28-9-. The Hall–Kier alpha value is -2.46. The molecule has 1 N–H and O–H groups in total. The molecule has 0 saturated carbocycles. The average molecular weight is 547 g/mol.